The molecule has 7 atom stereocenters. The summed E-state index contributed by atoms with van der Waals surface area (Å²) in [6.07, 6.45) is 4.67. The second-order valence-electron chi connectivity index (χ2n) is 14.0. The van der Waals surface area contributed by atoms with E-state index in [9.17, 15) is 9.90 Å². The van der Waals surface area contributed by atoms with Crippen LogP contribution in [0.25, 0.3) is 0 Å². The number of hydrogen-bond donors (Lipinski definition) is 1. The SMILES string of the molecule is C=CCN(C(=O)[C@@H]1[C@@H]2CC(C)C3(S2)C(C(=O)N(CC=C)c2cc(C)ccc2C)N([C@@H](CO)CC(C)C)C(=O)[C@H]13)c1ccc(OCC)cc1. The molecule has 3 unspecified atom stereocenters. The van der Waals surface area contributed by atoms with Crippen molar-refractivity contribution in [1.82, 2.24) is 4.90 Å². The van der Waals surface area contributed by atoms with Gasteiger partial charge >= 0.3 is 0 Å². The minimum Gasteiger partial charge on any atom is -0.494 e. The topological polar surface area (TPSA) is 90.4 Å². The number of aliphatic hydroxyl groups is 1. The standard InChI is InChI=1S/C39H51N3O5S/c1-9-18-40(28-14-16-30(17-15-28)47-11-3)36(44)33-32-22-27(8)39(48-32)34(33)37(45)42(29(23-43)20-24(4)5)35(39)38(46)41(19-10-2)31-21-25(6)12-13-26(31)7/h9-10,12-17,21,24,27,29,32-35,43H,1-2,11,18-20,22-23H2,3-8H3/t27?,29-,32+,33-,34+,35?,39?/m1/s1. The summed E-state index contributed by atoms with van der Waals surface area (Å²) in [5, 5.41) is 10.7. The van der Waals surface area contributed by atoms with Gasteiger partial charge in [-0.15, -0.1) is 24.9 Å². The zero-order chi connectivity index (χ0) is 34.9. The van der Waals surface area contributed by atoms with Crippen LogP contribution in [-0.4, -0.2) is 76.1 Å². The highest BCUT2D eigenvalue weighted by molar-refractivity contribution is 8.02. The zero-order valence-corrected chi connectivity index (χ0v) is 30.0. The van der Waals surface area contributed by atoms with Gasteiger partial charge in [0.15, 0.2) is 0 Å². The molecule has 3 fully saturated rings. The molecule has 0 aromatic heterocycles. The number of fused-ring (bicyclic) bond motifs is 1. The van der Waals surface area contributed by atoms with Gasteiger partial charge in [0.2, 0.25) is 11.8 Å². The molecule has 3 heterocycles. The Hall–Kier alpha value is -3.56. The molecule has 3 aliphatic heterocycles. The Labute approximate surface area is 290 Å². The van der Waals surface area contributed by atoms with Crippen LogP contribution in [0.5, 0.6) is 5.75 Å². The lowest BCUT2D eigenvalue weighted by Crippen LogP contribution is -2.59. The summed E-state index contributed by atoms with van der Waals surface area (Å²) in [5.74, 6) is -0.999. The summed E-state index contributed by atoms with van der Waals surface area (Å²) in [6, 6.07) is 12.0. The van der Waals surface area contributed by atoms with Crippen molar-refractivity contribution < 1.29 is 24.2 Å². The molecule has 258 valence electrons. The Kier molecular flexibility index (Phi) is 10.8. The fourth-order valence-electron chi connectivity index (χ4n) is 8.35. The van der Waals surface area contributed by atoms with Crippen molar-refractivity contribution in [3.63, 3.8) is 0 Å². The molecule has 3 saturated heterocycles. The fourth-order valence-corrected chi connectivity index (χ4v) is 10.7. The summed E-state index contributed by atoms with van der Waals surface area (Å²) >= 11 is 1.65. The maximum absolute atomic E-state index is 15.2. The Morgan fingerprint density at radius 1 is 1.08 bits per heavy atom. The van der Waals surface area contributed by atoms with Gasteiger partial charge in [0.25, 0.3) is 5.91 Å². The quantitative estimate of drug-likeness (QED) is 0.241. The van der Waals surface area contributed by atoms with Crippen molar-refractivity contribution in [2.45, 2.75) is 76.5 Å². The van der Waals surface area contributed by atoms with Gasteiger partial charge in [-0.3, -0.25) is 14.4 Å². The number of rotatable bonds is 14. The molecule has 0 saturated carbocycles. The smallest absolute Gasteiger partial charge is 0.251 e. The van der Waals surface area contributed by atoms with Crippen LogP contribution in [-0.2, 0) is 14.4 Å². The van der Waals surface area contributed by atoms with E-state index in [1.807, 2.05) is 63.2 Å². The van der Waals surface area contributed by atoms with Crippen LogP contribution in [0, 0.1) is 37.5 Å². The average Bonchev–Trinajstić information content (AvgIpc) is 3.66. The van der Waals surface area contributed by atoms with Crippen molar-refractivity contribution in [2.24, 2.45) is 23.7 Å². The van der Waals surface area contributed by atoms with Gasteiger partial charge in [0, 0.05) is 29.7 Å². The maximum atomic E-state index is 15.2. The van der Waals surface area contributed by atoms with Crippen LogP contribution in [0.1, 0.15) is 51.7 Å². The van der Waals surface area contributed by atoms with Gasteiger partial charge in [-0.25, -0.2) is 0 Å². The number of likely N-dealkylation sites (tertiary alicyclic amines) is 1. The largest absolute Gasteiger partial charge is 0.494 e. The molecule has 1 spiro atoms. The van der Waals surface area contributed by atoms with Crippen LogP contribution in [0.4, 0.5) is 11.4 Å². The second kappa shape index (κ2) is 14.5. The van der Waals surface area contributed by atoms with Gasteiger partial charge in [-0.2, -0.15) is 0 Å². The fraction of sp³-hybridized carbons (Fsp3) is 0.513. The molecule has 0 radical (unpaired) electrons. The van der Waals surface area contributed by atoms with Crippen LogP contribution >= 0.6 is 11.8 Å². The minimum atomic E-state index is -0.855. The molecule has 9 heteroatoms. The molecule has 2 aromatic rings. The lowest BCUT2D eigenvalue weighted by Gasteiger charge is -2.42. The van der Waals surface area contributed by atoms with E-state index in [-0.39, 0.29) is 54.5 Å². The monoisotopic (exact) mass is 673 g/mol. The molecule has 48 heavy (non-hydrogen) atoms. The van der Waals surface area contributed by atoms with Crippen LogP contribution in [0.15, 0.2) is 67.8 Å². The van der Waals surface area contributed by atoms with Crippen molar-refractivity contribution in [2.75, 3.05) is 36.1 Å². The third-order valence-corrected chi connectivity index (χ3v) is 12.4. The Bertz CT molecular complexity index is 1540. The van der Waals surface area contributed by atoms with E-state index in [1.165, 1.54) is 0 Å². The number of thioether (sulfide) groups is 1. The number of carbonyl (C=O) groups excluding carboxylic acids is 3. The molecule has 2 aromatic carbocycles. The first-order valence-electron chi connectivity index (χ1n) is 17.2. The third-order valence-electron chi connectivity index (χ3n) is 10.3. The minimum absolute atomic E-state index is 0.00893. The van der Waals surface area contributed by atoms with E-state index in [1.54, 1.807) is 38.6 Å². The van der Waals surface area contributed by atoms with Crippen molar-refractivity contribution in [1.29, 1.82) is 0 Å². The Balaban J connectivity index is 1.63. The Morgan fingerprint density at radius 2 is 1.75 bits per heavy atom. The molecular formula is C39H51N3O5S. The van der Waals surface area contributed by atoms with E-state index >= 15 is 9.59 Å². The first-order chi connectivity index (χ1) is 22.9. The normalized spacial score (nSPS) is 26.4. The highest BCUT2D eigenvalue weighted by Gasteiger charge is 2.77. The number of aliphatic hydroxyl groups excluding tert-OH is 1. The van der Waals surface area contributed by atoms with Crippen molar-refractivity contribution in [3.05, 3.63) is 78.9 Å². The summed E-state index contributed by atoms with van der Waals surface area (Å²) in [5.41, 5.74) is 3.45. The summed E-state index contributed by atoms with van der Waals surface area (Å²) in [6.45, 7) is 20.8. The van der Waals surface area contributed by atoms with E-state index in [2.05, 4.69) is 33.9 Å². The molecular weight excluding hydrogens is 623 g/mol. The lowest BCUT2D eigenvalue weighted by molar-refractivity contribution is -0.142. The summed E-state index contributed by atoms with van der Waals surface area (Å²) in [4.78, 5) is 50.1. The number of anilines is 2. The molecule has 2 bridgehead atoms. The highest BCUT2D eigenvalue weighted by atomic mass is 32.2. The number of amides is 3. The summed E-state index contributed by atoms with van der Waals surface area (Å²) < 4.78 is 4.80. The Morgan fingerprint density at radius 3 is 2.35 bits per heavy atom. The van der Waals surface area contributed by atoms with Gasteiger partial charge in [0.05, 0.1) is 35.8 Å². The van der Waals surface area contributed by atoms with Gasteiger partial charge in [0.1, 0.15) is 11.8 Å². The molecule has 3 aliphatic rings. The number of carbonyl (C=O) groups is 3. The molecule has 8 nitrogen and oxygen atoms in total. The molecule has 5 rings (SSSR count). The van der Waals surface area contributed by atoms with Gasteiger partial charge in [-0.05, 0) is 86.9 Å². The number of aryl methyl sites for hydroxylation is 2. The number of hydrogen-bond acceptors (Lipinski definition) is 6. The highest BCUT2D eigenvalue weighted by Crippen LogP contribution is 2.69. The second-order valence-corrected chi connectivity index (χ2v) is 15.5. The molecule has 3 amide bonds. The lowest BCUT2D eigenvalue weighted by atomic mass is 9.65. The van der Waals surface area contributed by atoms with E-state index in [0.29, 0.717) is 30.9 Å². The van der Waals surface area contributed by atoms with E-state index < -0.39 is 28.7 Å². The number of nitrogens with zero attached hydrogens (tertiary/aromatic N) is 3. The van der Waals surface area contributed by atoms with Gasteiger partial charge < -0.3 is 24.5 Å². The molecule has 1 N–H and O–H groups in total. The zero-order valence-electron chi connectivity index (χ0n) is 29.2. The van der Waals surface area contributed by atoms with Crippen molar-refractivity contribution in [3.8, 4) is 5.75 Å². The predicted octanol–water partition coefficient (Wildman–Crippen LogP) is 6.18. The first-order valence-corrected chi connectivity index (χ1v) is 18.1. The van der Waals surface area contributed by atoms with E-state index in [4.69, 9.17) is 4.74 Å². The van der Waals surface area contributed by atoms with Gasteiger partial charge in [-0.1, -0.05) is 45.1 Å². The summed E-state index contributed by atoms with van der Waals surface area (Å²) in [7, 11) is 0. The number of ether oxygens (including phenoxy) is 1. The first kappa shape index (κ1) is 35.7. The van der Waals surface area contributed by atoms with Crippen LogP contribution in [0.3, 0.4) is 0 Å². The van der Waals surface area contributed by atoms with E-state index in [0.717, 1.165) is 16.8 Å². The third kappa shape index (κ3) is 6.09. The molecule has 0 aliphatic carbocycles. The van der Waals surface area contributed by atoms with Crippen molar-refractivity contribution >= 4 is 40.9 Å². The predicted molar refractivity (Wildman–Crippen MR) is 194 cm³/mol. The van der Waals surface area contributed by atoms with Crippen LogP contribution < -0.4 is 14.5 Å². The van der Waals surface area contributed by atoms with Crippen LogP contribution in [0.2, 0.25) is 0 Å². The maximum Gasteiger partial charge on any atom is 0.251 e. The number of benzene rings is 2. The average molecular weight is 674 g/mol.